The Bertz CT molecular complexity index is 829. The number of carboxylic acid groups (broad SMARTS) is 1. The Hall–Kier alpha value is -2.86. The molecule has 0 aromatic heterocycles. The molecule has 6 nitrogen and oxygen atoms in total. The molecule has 1 fully saturated rings. The van der Waals surface area contributed by atoms with Crippen molar-refractivity contribution >= 4 is 12.1 Å². The zero-order chi connectivity index (χ0) is 19.5. The third kappa shape index (κ3) is 3.73. The normalized spacial score (nSPS) is 18.9. The van der Waals surface area contributed by atoms with Crippen LogP contribution in [0.3, 0.4) is 0 Å². The largest absolute Gasteiger partial charge is 0.481 e. The number of fused-ring (bicyclic) bond motifs is 3. The van der Waals surface area contributed by atoms with Crippen LogP contribution >= 0.6 is 0 Å². The van der Waals surface area contributed by atoms with E-state index in [9.17, 15) is 9.59 Å². The number of carbonyl (C=O) groups excluding carboxylic acids is 1. The van der Waals surface area contributed by atoms with Gasteiger partial charge in [0.15, 0.2) is 0 Å². The smallest absolute Gasteiger partial charge is 0.407 e. The average Bonchev–Trinajstić information content (AvgIpc) is 3.32. The maximum absolute atomic E-state index is 12.4. The summed E-state index contributed by atoms with van der Waals surface area (Å²) in [4.78, 5) is 23.5. The van der Waals surface area contributed by atoms with Gasteiger partial charge in [-0.2, -0.15) is 0 Å². The molecule has 2 aromatic rings. The van der Waals surface area contributed by atoms with Crippen LogP contribution in [-0.2, 0) is 14.3 Å². The van der Waals surface area contributed by atoms with Gasteiger partial charge in [0.2, 0.25) is 0 Å². The molecule has 2 aliphatic rings. The number of benzene rings is 2. The van der Waals surface area contributed by atoms with Crippen LogP contribution in [0.4, 0.5) is 4.79 Å². The molecule has 1 amide bonds. The molecule has 0 radical (unpaired) electrons. The number of hydrogen-bond donors (Lipinski definition) is 2. The molecule has 2 atom stereocenters. The van der Waals surface area contributed by atoms with Gasteiger partial charge in [0.1, 0.15) is 6.61 Å². The fraction of sp³-hybridized carbons (Fsp3) is 0.364. The SMILES string of the molecule is O=C(O)C[C@H](NC(=O)OCC1c2ccccc2-c2ccccc21)[C@@H]1CCCO1. The second-order valence-electron chi connectivity index (χ2n) is 7.23. The van der Waals surface area contributed by atoms with E-state index >= 15 is 0 Å². The number of rotatable bonds is 6. The standard InChI is InChI=1S/C22H23NO5/c24-21(25)12-19(20-10-5-11-27-20)23-22(26)28-13-18-16-8-3-1-6-14(16)15-7-2-4-9-17(15)18/h1-4,6-9,18-20H,5,10-13H2,(H,23,26)(H,24,25)/t19-,20-/m0/s1. The first-order chi connectivity index (χ1) is 13.6. The maximum Gasteiger partial charge on any atom is 0.407 e. The van der Waals surface area contributed by atoms with E-state index in [1.165, 1.54) is 0 Å². The number of alkyl carbamates (subject to hydrolysis) is 1. The van der Waals surface area contributed by atoms with E-state index in [0.717, 1.165) is 35.1 Å². The summed E-state index contributed by atoms with van der Waals surface area (Å²) < 4.78 is 11.1. The summed E-state index contributed by atoms with van der Waals surface area (Å²) in [6.45, 7) is 0.790. The van der Waals surface area contributed by atoms with Gasteiger partial charge in [0, 0.05) is 12.5 Å². The minimum atomic E-state index is -0.973. The van der Waals surface area contributed by atoms with Crippen LogP contribution < -0.4 is 5.32 Å². The molecule has 6 heteroatoms. The van der Waals surface area contributed by atoms with Crippen molar-refractivity contribution in [3.63, 3.8) is 0 Å². The Morgan fingerprint density at radius 3 is 2.32 bits per heavy atom. The summed E-state index contributed by atoms with van der Waals surface area (Å²) in [5.41, 5.74) is 4.60. The molecule has 1 saturated heterocycles. The highest BCUT2D eigenvalue weighted by Crippen LogP contribution is 2.44. The van der Waals surface area contributed by atoms with Crippen molar-refractivity contribution in [1.29, 1.82) is 0 Å². The molecule has 0 bridgehead atoms. The summed E-state index contributed by atoms with van der Waals surface area (Å²) in [7, 11) is 0. The minimum Gasteiger partial charge on any atom is -0.481 e. The topological polar surface area (TPSA) is 84.9 Å². The number of carbonyl (C=O) groups is 2. The second kappa shape index (κ2) is 8.02. The van der Waals surface area contributed by atoms with E-state index in [0.29, 0.717) is 6.61 Å². The first kappa shape index (κ1) is 18.5. The van der Waals surface area contributed by atoms with Gasteiger partial charge in [0.05, 0.1) is 18.6 Å². The lowest BCUT2D eigenvalue weighted by atomic mass is 9.98. The van der Waals surface area contributed by atoms with Crippen molar-refractivity contribution in [3.05, 3.63) is 59.7 Å². The lowest BCUT2D eigenvalue weighted by molar-refractivity contribution is -0.138. The summed E-state index contributed by atoms with van der Waals surface area (Å²) in [5, 5.41) is 11.8. The summed E-state index contributed by atoms with van der Waals surface area (Å²) in [5.74, 6) is -1.00. The first-order valence-corrected chi connectivity index (χ1v) is 9.58. The van der Waals surface area contributed by atoms with Gasteiger partial charge in [-0.25, -0.2) is 4.79 Å². The van der Waals surface area contributed by atoms with Crippen LogP contribution in [0.1, 0.15) is 36.3 Å². The molecule has 0 spiro atoms. The number of carboxylic acids is 1. The predicted octanol–water partition coefficient (Wildman–Crippen LogP) is 3.55. The molecular formula is C22H23NO5. The lowest BCUT2D eigenvalue weighted by Crippen LogP contribution is -2.45. The highest BCUT2D eigenvalue weighted by molar-refractivity contribution is 5.79. The minimum absolute atomic E-state index is 0.0289. The number of amides is 1. The van der Waals surface area contributed by atoms with Gasteiger partial charge in [-0.15, -0.1) is 0 Å². The van der Waals surface area contributed by atoms with Gasteiger partial charge < -0.3 is 19.9 Å². The number of hydrogen-bond acceptors (Lipinski definition) is 4. The third-order valence-electron chi connectivity index (χ3n) is 5.46. The molecule has 1 heterocycles. The summed E-state index contributed by atoms with van der Waals surface area (Å²) in [6.07, 6.45) is 0.532. The lowest BCUT2D eigenvalue weighted by Gasteiger charge is -2.23. The van der Waals surface area contributed by atoms with E-state index in [1.807, 2.05) is 24.3 Å². The van der Waals surface area contributed by atoms with Crippen molar-refractivity contribution in [1.82, 2.24) is 5.32 Å². The number of ether oxygens (including phenoxy) is 2. The molecule has 2 N–H and O–H groups in total. The van der Waals surface area contributed by atoms with Crippen LogP contribution in [0.15, 0.2) is 48.5 Å². The van der Waals surface area contributed by atoms with Crippen molar-refractivity contribution in [2.24, 2.45) is 0 Å². The fourth-order valence-corrected chi connectivity index (χ4v) is 4.17. The van der Waals surface area contributed by atoms with Crippen LogP contribution in [-0.4, -0.2) is 42.5 Å². The quantitative estimate of drug-likeness (QED) is 0.799. The highest BCUT2D eigenvalue weighted by atomic mass is 16.5. The van der Waals surface area contributed by atoms with Gasteiger partial charge in [0.25, 0.3) is 0 Å². The Kier molecular flexibility index (Phi) is 5.30. The highest BCUT2D eigenvalue weighted by Gasteiger charge is 2.32. The molecule has 146 valence electrons. The van der Waals surface area contributed by atoms with E-state index in [1.54, 1.807) is 0 Å². The van der Waals surface area contributed by atoms with Crippen LogP contribution in [0.2, 0.25) is 0 Å². The van der Waals surface area contributed by atoms with Crippen LogP contribution in [0, 0.1) is 0 Å². The molecule has 1 aliphatic carbocycles. The zero-order valence-corrected chi connectivity index (χ0v) is 15.5. The molecule has 0 unspecified atom stereocenters. The predicted molar refractivity (Wildman–Crippen MR) is 103 cm³/mol. The van der Waals surface area contributed by atoms with Gasteiger partial charge in [-0.05, 0) is 35.1 Å². The van der Waals surface area contributed by atoms with E-state index in [-0.39, 0.29) is 25.0 Å². The summed E-state index contributed by atoms with van der Waals surface area (Å²) in [6, 6.07) is 15.7. The van der Waals surface area contributed by atoms with Crippen molar-refractivity contribution in [3.8, 4) is 11.1 Å². The number of aliphatic carboxylic acids is 1. The van der Waals surface area contributed by atoms with Crippen molar-refractivity contribution < 1.29 is 24.2 Å². The Labute approximate surface area is 163 Å². The van der Waals surface area contributed by atoms with Gasteiger partial charge in [-0.3, -0.25) is 4.79 Å². The zero-order valence-electron chi connectivity index (χ0n) is 15.5. The van der Waals surface area contributed by atoms with E-state index < -0.39 is 18.1 Å². The van der Waals surface area contributed by atoms with Crippen LogP contribution in [0.25, 0.3) is 11.1 Å². The van der Waals surface area contributed by atoms with Crippen molar-refractivity contribution in [2.45, 2.75) is 37.3 Å². The summed E-state index contributed by atoms with van der Waals surface area (Å²) >= 11 is 0. The third-order valence-corrected chi connectivity index (χ3v) is 5.46. The second-order valence-corrected chi connectivity index (χ2v) is 7.23. The fourth-order valence-electron chi connectivity index (χ4n) is 4.17. The molecule has 28 heavy (non-hydrogen) atoms. The van der Waals surface area contributed by atoms with Gasteiger partial charge in [-0.1, -0.05) is 48.5 Å². The first-order valence-electron chi connectivity index (χ1n) is 9.58. The van der Waals surface area contributed by atoms with Gasteiger partial charge >= 0.3 is 12.1 Å². The van der Waals surface area contributed by atoms with E-state index in [2.05, 4.69) is 29.6 Å². The molecule has 4 rings (SSSR count). The molecular weight excluding hydrogens is 358 g/mol. The Morgan fingerprint density at radius 2 is 1.75 bits per heavy atom. The average molecular weight is 381 g/mol. The van der Waals surface area contributed by atoms with E-state index in [4.69, 9.17) is 14.6 Å². The monoisotopic (exact) mass is 381 g/mol. The van der Waals surface area contributed by atoms with Crippen molar-refractivity contribution in [2.75, 3.05) is 13.2 Å². The van der Waals surface area contributed by atoms with Crippen LogP contribution in [0.5, 0.6) is 0 Å². The molecule has 0 saturated carbocycles. The molecule has 1 aliphatic heterocycles. The Morgan fingerprint density at radius 1 is 1.11 bits per heavy atom. The molecule has 2 aromatic carbocycles. The Balaban J connectivity index is 1.44. The maximum atomic E-state index is 12.4. The number of nitrogens with one attached hydrogen (secondary N) is 1.